The van der Waals surface area contributed by atoms with E-state index in [2.05, 4.69) is 19.6 Å². The highest BCUT2D eigenvalue weighted by Gasteiger charge is 2.41. The van der Waals surface area contributed by atoms with E-state index in [0.717, 1.165) is 0 Å². The molecule has 1 heterocycles. The van der Waals surface area contributed by atoms with Gasteiger partial charge in [0.25, 0.3) is 0 Å². The minimum atomic E-state index is -1.60. The molecule has 1 rings (SSSR count). The summed E-state index contributed by atoms with van der Waals surface area (Å²) < 4.78 is 1.97. The molecule has 0 aromatic carbocycles. The van der Waals surface area contributed by atoms with Crippen molar-refractivity contribution in [2.24, 2.45) is 0 Å². The van der Waals surface area contributed by atoms with Crippen LogP contribution in [0.2, 0.25) is 19.6 Å². The van der Waals surface area contributed by atoms with Gasteiger partial charge in [-0.05, 0) is 0 Å². The number of carboxylic acid groups (broad SMARTS) is 1. The number of hydrogen-bond acceptors (Lipinski definition) is 3. The molecule has 0 saturated carbocycles. The van der Waals surface area contributed by atoms with Crippen molar-refractivity contribution in [2.45, 2.75) is 38.2 Å². The Bertz CT molecular complexity index is 214. The van der Waals surface area contributed by atoms with Gasteiger partial charge in [0.15, 0.2) is 0 Å². The van der Waals surface area contributed by atoms with Crippen LogP contribution < -0.4 is 0 Å². The van der Waals surface area contributed by atoms with Crippen LogP contribution in [-0.2, 0) is 4.79 Å². The Morgan fingerprint density at radius 1 is 1.46 bits per heavy atom. The molecule has 0 aliphatic carbocycles. The first-order valence-corrected chi connectivity index (χ1v) is 7.94. The van der Waals surface area contributed by atoms with Gasteiger partial charge in [-0.1, -0.05) is 19.6 Å². The van der Waals surface area contributed by atoms with Crippen molar-refractivity contribution in [2.75, 3.05) is 6.54 Å². The van der Waals surface area contributed by atoms with E-state index in [9.17, 15) is 9.90 Å². The first-order valence-electron chi connectivity index (χ1n) is 4.50. The number of aliphatic carboxylic acids is 1. The van der Waals surface area contributed by atoms with Gasteiger partial charge in [-0.25, -0.2) is 0 Å². The molecular formula is C8H17NO3Si. The molecule has 0 bridgehead atoms. The number of nitrogens with zero attached hydrogens (tertiary/aromatic N) is 1. The van der Waals surface area contributed by atoms with Crippen molar-refractivity contribution < 1.29 is 15.0 Å². The van der Waals surface area contributed by atoms with E-state index in [1.807, 2.05) is 4.57 Å². The van der Waals surface area contributed by atoms with Gasteiger partial charge in [0.1, 0.15) is 14.3 Å². The molecule has 4 nitrogen and oxygen atoms in total. The van der Waals surface area contributed by atoms with Crippen molar-refractivity contribution in [3.05, 3.63) is 0 Å². The summed E-state index contributed by atoms with van der Waals surface area (Å²) in [5.74, 6) is -0.807. The molecular weight excluding hydrogens is 186 g/mol. The van der Waals surface area contributed by atoms with Crippen LogP contribution in [0, 0.1) is 0 Å². The van der Waals surface area contributed by atoms with E-state index in [1.165, 1.54) is 0 Å². The predicted molar refractivity (Wildman–Crippen MR) is 52.1 cm³/mol. The third kappa shape index (κ3) is 2.29. The smallest absolute Gasteiger partial charge is 0.320 e. The first kappa shape index (κ1) is 10.7. The molecule has 0 aromatic heterocycles. The van der Waals surface area contributed by atoms with Gasteiger partial charge in [-0.2, -0.15) is 0 Å². The van der Waals surface area contributed by atoms with Crippen LogP contribution in [0.15, 0.2) is 0 Å². The van der Waals surface area contributed by atoms with Crippen LogP contribution in [0.25, 0.3) is 0 Å². The minimum Gasteiger partial charge on any atom is -0.480 e. The van der Waals surface area contributed by atoms with Gasteiger partial charge in [0, 0.05) is 13.0 Å². The summed E-state index contributed by atoms with van der Waals surface area (Å²) in [7, 11) is -1.60. The maximum Gasteiger partial charge on any atom is 0.320 e. The van der Waals surface area contributed by atoms with Crippen molar-refractivity contribution in [3.8, 4) is 0 Å². The molecule has 0 radical (unpaired) electrons. The Balaban J connectivity index is 2.78. The predicted octanol–water partition coefficient (Wildman–Crippen LogP) is 0.341. The molecule has 1 aliphatic heterocycles. The fourth-order valence-electron chi connectivity index (χ4n) is 1.79. The van der Waals surface area contributed by atoms with Gasteiger partial charge < -0.3 is 14.8 Å². The first-order chi connectivity index (χ1) is 5.82. The molecule has 5 heteroatoms. The lowest BCUT2D eigenvalue weighted by Crippen LogP contribution is -2.51. The highest BCUT2D eigenvalue weighted by molar-refractivity contribution is 6.73. The average Bonchev–Trinajstić information content (AvgIpc) is 2.29. The Labute approximate surface area is 79.3 Å². The SMILES string of the molecule is C[Si](C)(C)N1CC(O)CC1C(=O)O. The second kappa shape index (κ2) is 3.40. The highest BCUT2D eigenvalue weighted by atomic mass is 28.3. The Kier molecular flexibility index (Phi) is 2.79. The number of carbonyl (C=O) groups is 1. The summed E-state index contributed by atoms with van der Waals surface area (Å²) >= 11 is 0. The van der Waals surface area contributed by atoms with E-state index < -0.39 is 26.4 Å². The molecule has 1 aliphatic rings. The lowest BCUT2D eigenvalue weighted by molar-refractivity contribution is -0.140. The third-order valence-electron chi connectivity index (χ3n) is 2.43. The maximum absolute atomic E-state index is 10.9. The van der Waals surface area contributed by atoms with E-state index >= 15 is 0 Å². The summed E-state index contributed by atoms with van der Waals surface area (Å²) in [6.45, 7) is 6.82. The normalized spacial score (nSPS) is 30.8. The Morgan fingerprint density at radius 2 is 2.00 bits per heavy atom. The molecule has 0 spiro atoms. The summed E-state index contributed by atoms with van der Waals surface area (Å²) in [5, 5.41) is 18.3. The molecule has 0 aromatic rings. The summed E-state index contributed by atoms with van der Waals surface area (Å²) in [6, 6.07) is -0.471. The van der Waals surface area contributed by atoms with Gasteiger partial charge >= 0.3 is 5.97 Å². The van der Waals surface area contributed by atoms with Gasteiger partial charge in [0.2, 0.25) is 0 Å². The molecule has 2 N–H and O–H groups in total. The Morgan fingerprint density at radius 3 is 2.31 bits per heavy atom. The standard InChI is InChI=1S/C8H17NO3Si/c1-13(2,3)9-5-6(10)4-7(9)8(11)12/h6-7,10H,4-5H2,1-3H3,(H,11,12). The van der Waals surface area contributed by atoms with Gasteiger partial charge in [0.05, 0.1) is 6.10 Å². The second-order valence-electron chi connectivity index (χ2n) is 4.57. The van der Waals surface area contributed by atoms with E-state index in [0.29, 0.717) is 13.0 Å². The van der Waals surface area contributed by atoms with E-state index in [4.69, 9.17) is 5.11 Å². The molecule has 1 saturated heterocycles. The highest BCUT2D eigenvalue weighted by Crippen LogP contribution is 2.24. The number of carboxylic acids is 1. The number of β-amino-alcohol motifs (C(OH)–C–C–N with tert-alkyl or cyclic N) is 1. The molecule has 76 valence electrons. The Hall–Kier alpha value is -0.393. The minimum absolute atomic E-state index is 0.375. The molecule has 1 fully saturated rings. The topological polar surface area (TPSA) is 60.8 Å². The van der Waals surface area contributed by atoms with Crippen LogP contribution in [0.4, 0.5) is 0 Å². The third-order valence-corrected chi connectivity index (χ3v) is 4.64. The van der Waals surface area contributed by atoms with Gasteiger partial charge in [-0.15, -0.1) is 0 Å². The molecule has 0 amide bonds. The van der Waals surface area contributed by atoms with Crippen LogP contribution in [0.1, 0.15) is 6.42 Å². The van der Waals surface area contributed by atoms with Crippen molar-refractivity contribution in [1.29, 1.82) is 0 Å². The van der Waals surface area contributed by atoms with E-state index in [-0.39, 0.29) is 0 Å². The quantitative estimate of drug-likeness (QED) is 0.635. The van der Waals surface area contributed by atoms with Crippen molar-refractivity contribution in [1.82, 2.24) is 4.57 Å². The lowest BCUT2D eigenvalue weighted by atomic mass is 10.2. The average molecular weight is 203 g/mol. The summed E-state index contributed by atoms with van der Waals surface area (Å²) in [6.07, 6.45) is -0.0904. The molecule has 2 atom stereocenters. The second-order valence-corrected chi connectivity index (χ2v) is 9.48. The van der Waals surface area contributed by atoms with Crippen LogP contribution in [-0.4, -0.2) is 47.7 Å². The maximum atomic E-state index is 10.9. The largest absolute Gasteiger partial charge is 0.480 e. The zero-order chi connectivity index (χ0) is 10.2. The molecule has 13 heavy (non-hydrogen) atoms. The molecule has 2 unspecified atom stereocenters. The van der Waals surface area contributed by atoms with Crippen molar-refractivity contribution in [3.63, 3.8) is 0 Å². The monoisotopic (exact) mass is 203 g/mol. The number of hydrogen-bond donors (Lipinski definition) is 2. The fourth-order valence-corrected chi connectivity index (χ4v) is 3.70. The summed E-state index contributed by atoms with van der Waals surface area (Å²) in [5.41, 5.74) is 0. The van der Waals surface area contributed by atoms with Crippen molar-refractivity contribution >= 4 is 14.2 Å². The number of aliphatic hydroxyl groups excluding tert-OH is 1. The van der Waals surface area contributed by atoms with Gasteiger partial charge in [-0.3, -0.25) is 4.79 Å². The zero-order valence-corrected chi connectivity index (χ0v) is 9.32. The lowest BCUT2D eigenvalue weighted by Gasteiger charge is -2.33. The fraction of sp³-hybridized carbons (Fsp3) is 0.875. The zero-order valence-electron chi connectivity index (χ0n) is 8.32. The van der Waals surface area contributed by atoms with Crippen LogP contribution >= 0.6 is 0 Å². The number of rotatable bonds is 2. The summed E-state index contributed by atoms with van der Waals surface area (Å²) in [4.78, 5) is 10.9. The number of aliphatic hydroxyl groups is 1. The van der Waals surface area contributed by atoms with E-state index in [1.54, 1.807) is 0 Å². The van der Waals surface area contributed by atoms with Crippen LogP contribution in [0.5, 0.6) is 0 Å². The van der Waals surface area contributed by atoms with Crippen LogP contribution in [0.3, 0.4) is 0 Å².